The number of hydrogen-bond donors (Lipinski definition) is 1. The van der Waals surface area contributed by atoms with Crippen LogP contribution in [0.3, 0.4) is 0 Å². The molecule has 1 heterocycles. The Morgan fingerprint density at radius 2 is 2.10 bits per heavy atom. The van der Waals surface area contributed by atoms with Crippen LogP contribution in [0.25, 0.3) is 0 Å². The standard InChI is InChI=1S/C15H16BrNO2S/c1-11(17-18)2-3-12-4-6-14(7-5-12)19-9-15-8-13(16)10-20-15/h4-8,10,18H,2-3,9H2,1H3. The Morgan fingerprint density at radius 1 is 1.35 bits per heavy atom. The monoisotopic (exact) mass is 353 g/mol. The Bertz CT molecular complexity index is 578. The van der Waals surface area contributed by atoms with Crippen LogP contribution < -0.4 is 4.74 Å². The summed E-state index contributed by atoms with van der Waals surface area (Å²) >= 11 is 5.11. The number of benzene rings is 1. The summed E-state index contributed by atoms with van der Waals surface area (Å²) in [6, 6.07) is 10.1. The molecule has 0 fully saturated rings. The molecule has 2 rings (SSSR count). The minimum atomic E-state index is 0.589. The van der Waals surface area contributed by atoms with Crippen LogP contribution in [0.2, 0.25) is 0 Å². The van der Waals surface area contributed by atoms with E-state index in [1.54, 1.807) is 11.3 Å². The van der Waals surface area contributed by atoms with Gasteiger partial charge in [0.2, 0.25) is 0 Å². The summed E-state index contributed by atoms with van der Waals surface area (Å²) in [6.07, 6.45) is 1.63. The Balaban J connectivity index is 1.85. The van der Waals surface area contributed by atoms with Crippen molar-refractivity contribution in [2.45, 2.75) is 26.4 Å². The van der Waals surface area contributed by atoms with Crippen molar-refractivity contribution in [1.82, 2.24) is 0 Å². The van der Waals surface area contributed by atoms with E-state index in [0.29, 0.717) is 6.61 Å². The van der Waals surface area contributed by atoms with Crippen LogP contribution in [-0.2, 0) is 13.0 Å². The molecule has 0 bridgehead atoms. The Morgan fingerprint density at radius 3 is 2.70 bits per heavy atom. The van der Waals surface area contributed by atoms with Crippen LogP contribution in [0.15, 0.2) is 45.3 Å². The van der Waals surface area contributed by atoms with Crippen LogP contribution >= 0.6 is 27.3 Å². The van der Waals surface area contributed by atoms with Gasteiger partial charge in [-0.3, -0.25) is 0 Å². The Hall–Kier alpha value is -1.33. The molecule has 1 aromatic heterocycles. The van der Waals surface area contributed by atoms with Gasteiger partial charge in [-0.15, -0.1) is 11.3 Å². The first-order valence-corrected chi connectivity index (χ1v) is 7.97. The van der Waals surface area contributed by atoms with E-state index < -0.39 is 0 Å². The first kappa shape index (κ1) is 15.1. The van der Waals surface area contributed by atoms with E-state index in [-0.39, 0.29) is 0 Å². The molecule has 0 aliphatic heterocycles. The second-order valence-corrected chi connectivity index (χ2v) is 6.41. The van der Waals surface area contributed by atoms with E-state index in [0.717, 1.165) is 28.8 Å². The number of thiophene rings is 1. The first-order valence-electron chi connectivity index (χ1n) is 6.29. The summed E-state index contributed by atoms with van der Waals surface area (Å²) in [4.78, 5) is 1.19. The summed E-state index contributed by atoms with van der Waals surface area (Å²) in [7, 11) is 0. The van der Waals surface area contributed by atoms with Crippen molar-refractivity contribution in [3.63, 3.8) is 0 Å². The molecule has 0 spiro atoms. The van der Waals surface area contributed by atoms with Crippen LogP contribution in [0, 0.1) is 0 Å². The van der Waals surface area contributed by atoms with E-state index in [1.807, 2.05) is 36.6 Å². The predicted molar refractivity (Wildman–Crippen MR) is 86.0 cm³/mol. The third-order valence-corrected chi connectivity index (χ3v) is 4.54. The number of nitrogens with zero attached hydrogens (tertiary/aromatic N) is 1. The molecule has 1 N–H and O–H groups in total. The second kappa shape index (κ2) is 7.45. The summed E-state index contributed by atoms with van der Waals surface area (Å²) in [5, 5.41) is 13.8. The SMILES string of the molecule is CC(CCc1ccc(OCc2cc(Br)cs2)cc1)=NO. The molecule has 0 amide bonds. The number of ether oxygens (including phenoxy) is 1. The largest absolute Gasteiger partial charge is 0.488 e. The third-order valence-electron chi connectivity index (χ3n) is 2.87. The molecule has 3 nitrogen and oxygen atoms in total. The molecule has 5 heteroatoms. The fourth-order valence-corrected chi connectivity index (χ4v) is 3.07. The van der Waals surface area contributed by atoms with Gasteiger partial charge in [-0.1, -0.05) is 17.3 Å². The highest BCUT2D eigenvalue weighted by molar-refractivity contribution is 9.10. The van der Waals surface area contributed by atoms with E-state index in [4.69, 9.17) is 9.94 Å². The smallest absolute Gasteiger partial charge is 0.122 e. The maximum Gasteiger partial charge on any atom is 0.122 e. The van der Waals surface area contributed by atoms with Crippen LogP contribution in [-0.4, -0.2) is 10.9 Å². The Labute approximate surface area is 131 Å². The average Bonchev–Trinajstić information content (AvgIpc) is 2.89. The zero-order valence-electron chi connectivity index (χ0n) is 11.2. The van der Waals surface area contributed by atoms with Crippen molar-refractivity contribution >= 4 is 33.0 Å². The van der Waals surface area contributed by atoms with Gasteiger partial charge in [-0.25, -0.2) is 0 Å². The van der Waals surface area contributed by atoms with Crippen molar-refractivity contribution < 1.29 is 9.94 Å². The molecule has 0 unspecified atom stereocenters. The molecule has 0 aliphatic rings. The average molecular weight is 354 g/mol. The topological polar surface area (TPSA) is 41.8 Å². The fourth-order valence-electron chi connectivity index (χ4n) is 1.71. The highest BCUT2D eigenvalue weighted by Gasteiger charge is 2.01. The second-order valence-electron chi connectivity index (χ2n) is 4.50. The molecule has 0 radical (unpaired) electrons. The molecule has 20 heavy (non-hydrogen) atoms. The zero-order valence-corrected chi connectivity index (χ0v) is 13.6. The minimum absolute atomic E-state index is 0.589. The summed E-state index contributed by atoms with van der Waals surface area (Å²) in [5.74, 6) is 0.866. The van der Waals surface area contributed by atoms with E-state index >= 15 is 0 Å². The normalized spacial score (nSPS) is 11.6. The fraction of sp³-hybridized carbons (Fsp3) is 0.267. The van der Waals surface area contributed by atoms with Crippen molar-refractivity contribution in [2.24, 2.45) is 5.16 Å². The van der Waals surface area contributed by atoms with Gasteiger partial charge in [-0.05, 0) is 59.5 Å². The van der Waals surface area contributed by atoms with Crippen molar-refractivity contribution in [1.29, 1.82) is 0 Å². The molecule has 0 saturated heterocycles. The van der Waals surface area contributed by atoms with Gasteiger partial charge >= 0.3 is 0 Å². The van der Waals surface area contributed by atoms with Gasteiger partial charge < -0.3 is 9.94 Å². The van der Waals surface area contributed by atoms with Gasteiger partial charge in [0.1, 0.15) is 12.4 Å². The van der Waals surface area contributed by atoms with Crippen molar-refractivity contribution in [3.8, 4) is 5.75 Å². The molecule has 0 atom stereocenters. The predicted octanol–water partition coefficient (Wildman–Crippen LogP) is 4.87. The first-order chi connectivity index (χ1) is 9.67. The number of hydrogen-bond acceptors (Lipinski definition) is 4. The maximum atomic E-state index is 8.60. The summed E-state index contributed by atoms with van der Waals surface area (Å²) < 4.78 is 6.83. The molecule has 2 aromatic rings. The zero-order chi connectivity index (χ0) is 14.4. The quantitative estimate of drug-likeness (QED) is 0.457. The maximum absolute atomic E-state index is 8.60. The van der Waals surface area contributed by atoms with Crippen LogP contribution in [0.5, 0.6) is 5.75 Å². The molecular weight excluding hydrogens is 338 g/mol. The molecule has 106 valence electrons. The minimum Gasteiger partial charge on any atom is -0.488 e. The van der Waals surface area contributed by atoms with E-state index in [9.17, 15) is 0 Å². The lowest BCUT2D eigenvalue weighted by Gasteiger charge is -2.06. The number of aryl methyl sites for hydroxylation is 1. The third kappa shape index (κ3) is 4.65. The van der Waals surface area contributed by atoms with Gasteiger partial charge in [0, 0.05) is 14.7 Å². The van der Waals surface area contributed by atoms with Gasteiger partial charge in [-0.2, -0.15) is 0 Å². The van der Waals surface area contributed by atoms with Crippen LogP contribution in [0.1, 0.15) is 23.8 Å². The Kier molecular flexibility index (Phi) is 5.61. The van der Waals surface area contributed by atoms with Crippen LogP contribution in [0.4, 0.5) is 0 Å². The molecular formula is C15H16BrNO2S. The number of oxime groups is 1. The highest BCUT2D eigenvalue weighted by atomic mass is 79.9. The van der Waals surface area contributed by atoms with Gasteiger partial charge in [0.25, 0.3) is 0 Å². The van der Waals surface area contributed by atoms with Crippen molar-refractivity contribution in [2.75, 3.05) is 0 Å². The van der Waals surface area contributed by atoms with E-state index in [2.05, 4.69) is 27.2 Å². The molecule has 0 saturated carbocycles. The van der Waals surface area contributed by atoms with Gasteiger partial charge in [0.05, 0.1) is 5.71 Å². The highest BCUT2D eigenvalue weighted by Crippen LogP contribution is 2.22. The van der Waals surface area contributed by atoms with Gasteiger partial charge in [0.15, 0.2) is 0 Å². The number of halogens is 1. The molecule has 0 aliphatic carbocycles. The lowest BCUT2D eigenvalue weighted by atomic mass is 10.1. The number of rotatable bonds is 6. The summed E-state index contributed by atoms with van der Waals surface area (Å²) in [6.45, 7) is 2.41. The summed E-state index contributed by atoms with van der Waals surface area (Å²) in [5.41, 5.74) is 1.95. The lowest BCUT2D eigenvalue weighted by Crippen LogP contribution is -1.96. The van der Waals surface area contributed by atoms with E-state index in [1.165, 1.54) is 10.4 Å². The molecule has 1 aromatic carbocycles. The van der Waals surface area contributed by atoms with Crippen molar-refractivity contribution in [3.05, 3.63) is 50.6 Å². The lowest BCUT2D eigenvalue weighted by molar-refractivity contribution is 0.309.